The van der Waals surface area contributed by atoms with Crippen LogP contribution in [0, 0.1) is 11.3 Å². The van der Waals surface area contributed by atoms with Crippen LogP contribution in [0.4, 0.5) is 0 Å². The molecule has 0 aliphatic carbocycles. The monoisotopic (exact) mass is 489 g/mol. The molecule has 6 nitrogen and oxygen atoms in total. The molecule has 0 aliphatic rings. The molecule has 0 amide bonds. The van der Waals surface area contributed by atoms with Gasteiger partial charge in [0, 0.05) is 12.8 Å². The number of benzene rings is 3. The van der Waals surface area contributed by atoms with Gasteiger partial charge in [0.05, 0.1) is 32.8 Å². The summed E-state index contributed by atoms with van der Waals surface area (Å²) in [6.45, 7) is 3.73. The minimum absolute atomic E-state index is 0.120. The average molecular weight is 490 g/mol. The first-order chi connectivity index (χ1) is 17.3. The van der Waals surface area contributed by atoms with Gasteiger partial charge >= 0.3 is 5.97 Å². The number of ether oxygens (including phenoxy) is 2. The highest BCUT2D eigenvalue weighted by Gasteiger charge is 2.21. The van der Waals surface area contributed by atoms with Gasteiger partial charge in [-0.05, 0) is 53.8 Å². The predicted octanol–water partition coefficient (Wildman–Crippen LogP) is 4.66. The van der Waals surface area contributed by atoms with Crippen molar-refractivity contribution in [3.8, 4) is 11.8 Å². The first-order valence-electron chi connectivity index (χ1n) is 12.6. The zero-order valence-electron chi connectivity index (χ0n) is 21.6. The molecule has 0 radical (unpaired) electrons. The van der Waals surface area contributed by atoms with E-state index in [1.54, 1.807) is 19.1 Å². The fraction of sp³-hybridized carbons (Fsp3) is 0.400. The number of aryl methyl sites for hydroxylation is 1. The summed E-state index contributed by atoms with van der Waals surface area (Å²) in [6.07, 6.45) is 1.96. The van der Waals surface area contributed by atoms with Crippen molar-refractivity contribution in [2.24, 2.45) is 0 Å². The fourth-order valence-electron chi connectivity index (χ4n) is 4.34. The van der Waals surface area contributed by atoms with Crippen LogP contribution in [0.3, 0.4) is 0 Å². The van der Waals surface area contributed by atoms with Crippen molar-refractivity contribution in [1.29, 1.82) is 5.26 Å². The number of carbonyl (C=O) groups excluding carboxylic acids is 1. The van der Waals surface area contributed by atoms with Gasteiger partial charge in [-0.3, -0.25) is 4.79 Å². The smallest absolute Gasteiger partial charge is 0.305 e. The zero-order valence-corrected chi connectivity index (χ0v) is 21.6. The van der Waals surface area contributed by atoms with Crippen LogP contribution in [0.1, 0.15) is 36.5 Å². The van der Waals surface area contributed by atoms with E-state index >= 15 is 0 Å². The Morgan fingerprint density at radius 2 is 1.75 bits per heavy atom. The van der Waals surface area contributed by atoms with Crippen LogP contribution < -0.4 is 4.74 Å². The summed E-state index contributed by atoms with van der Waals surface area (Å²) in [6, 6.07) is 22.6. The minimum Gasteiger partial charge on any atom is -0.489 e. The van der Waals surface area contributed by atoms with E-state index in [1.807, 2.05) is 12.1 Å². The molecule has 0 unspecified atom stereocenters. The van der Waals surface area contributed by atoms with Crippen LogP contribution in [0.5, 0.6) is 5.75 Å². The maximum atomic E-state index is 11.5. The normalized spacial score (nSPS) is 12.2. The number of aliphatic hydroxyl groups is 1. The van der Waals surface area contributed by atoms with Gasteiger partial charge in [0.25, 0.3) is 0 Å². The van der Waals surface area contributed by atoms with Gasteiger partial charge in [-0.25, -0.2) is 0 Å². The Morgan fingerprint density at radius 1 is 1.03 bits per heavy atom. The van der Waals surface area contributed by atoms with Crippen molar-refractivity contribution in [1.82, 2.24) is 0 Å². The van der Waals surface area contributed by atoms with E-state index in [-0.39, 0.29) is 12.6 Å². The molecule has 3 aromatic carbocycles. The number of nitrogens with zero attached hydrogens (tertiary/aromatic N) is 2. The van der Waals surface area contributed by atoms with Gasteiger partial charge in [0.2, 0.25) is 0 Å². The minimum atomic E-state index is -0.660. The summed E-state index contributed by atoms with van der Waals surface area (Å²) in [5, 5.41) is 22.7. The van der Waals surface area contributed by atoms with E-state index in [2.05, 4.69) is 56.6 Å². The molecule has 3 rings (SSSR count). The number of quaternary nitrogens is 1. The molecule has 0 aliphatic heterocycles. The van der Waals surface area contributed by atoms with E-state index in [0.29, 0.717) is 48.2 Å². The summed E-state index contributed by atoms with van der Waals surface area (Å²) in [4.78, 5) is 11.5. The molecule has 36 heavy (non-hydrogen) atoms. The van der Waals surface area contributed by atoms with Crippen LogP contribution in [-0.2, 0) is 22.4 Å². The number of likely N-dealkylation sites (N-methyl/N-ethyl adjacent to an activating group) is 1. The molecule has 0 fully saturated rings. The number of fused-ring (bicyclic) bond motifs is 1. The lowest BCUT2D eigenvalue weighted by Gasteiger charge is -2.32. The average Bonchev–Trinajstić information content (AvgIpc) is 2.86. The number of nitriles is 1. The SMILES string of the molecule is CCOC(=O)CCCc1ccc(OC[C@H](O)C[N+](C)(C)CCc2ccc3ccccc3c2)c(C#N)c1. The zero-order chi connectivity index (χ0) is 26.0. The lowest BCUT2D eigenvalue weighted by molar-refractivity contribution is -0.893. The molecule has 0 saturated carbocycles. The summed E-state index contributed by atoms with van der Waals surface area (Å²) >= 11 is 0. The van der Waals surface area contributed by atoms with Crippen molar-refractivity contribution in [2.45, 2.75) is 38.7 Å². The Bertz CT molecular complexity index is 1200. The maximum absolute atomic E-state index is 11.5. The van der Waals surface area contributed by atoms with Crippen molar-refractivity contribution in [3.63, 3.8) is 0 Å². The van der Waals surface area contributed by atoms with Gasteiger partial charge in [0.15, 0.2) is 0 Å². The van der Waals surface area contributed by atoms with Gasteiger partial charge in [0.1, 0.15) is 31.1 Å². The number of esters is 1. The highest BCUT2D eigenvalue weighted by molar-refractivity contribution is 5.83. The highest BCUT2D eigenvalue weighted by Crippen LogP contribution is 2.21. The third-order valence-corrected chi connectivity index (χ3v) is 6.27. The van der Waals surface area contributed by atoms with Crippen LogP contribution in [0.15, 0.2) is 60.7 Å². The summed E-state index contributed by atoms with van der Waals surface area (Å²) in [5.74, 6) is 0.262. The Morgan fingerprint density at radius 3 is 2.50 bits per heavy atom. The first-order valence-corrected chi connectivity index (χ1v) is 12.6. The molecule has 3 aromatic rings. The van der Waals surface area contributed by atoms with Gasteiger partial charge in [-0.2, -0.15) is 5.26 Å². The van der Waals surface area contributed by atoms with Crippen molar-refractivity contribution in [2.75, 3.05) is 40.4 Å². The van der Waals surface area contributed by atoms with E-state index in [1.165, 1.54) is 16.3 Å². The molecule has 0 saturated heterocycles. The van der Waals surface area contributed by atoms with Gasteiger partial charge < -0.3 is 19.1 Å². The second-order valence-corrected chi connectivity index (χ2v) is 9.84. The molecule has 0 aromatic heterocycles. The largest absolute Gasteiger partial charge is 0.489 e. The predicted molar refractivity (Wildman–Crippen MR) is 142 cm³/mol. The Balaban J connectivity index is 1.48. The van der Waals surface area contributed by atoms with Crippen molar-refractivity contribution < 1.29 is 23.9 Å². The number of aliphatic hydroxyl groups excluding tert-OH is 1. The molecule has 0 heterocycles. The quantitative estimate of drug-likeness (QED) is 0.279. The van der Waals surface area contributed by atoms with E-state index < -0.39 is 6.10 Å². The van der Waals surface area contributed by atoms with E-state index in [0.717, 1.165) is 18.5 Å². The van der Waals surface area contributed by atoms with Crippen LogP contribution in [0.2, 0.25) is 0 Å². The van der Waals surface area contributed by atoms with Gasteiger partial charge in [-0.15, -0.1) is 0 Å². The highest BCUT2D eigenvalue weighted by atomic mass is 16.5. The van der Waals surface area contributed by atoms with Crippen LogP contribution in [-0.4, -0.2) is 62.1 Å². The van der Waals surface area contributed by atoms with E-state index in [9.17, 15) is 15.2 Å². The number of carbonyl (C=O) groups is 1. The molecule has 1 atom stereocenters. The van der Waals surface area contributed by atoms with Crippen molar-refractivity contribution >= 4 is 16.7 Å². The number of rotatable bonds is 13. The van der Waals surface area contributed by atoms with Crippen molar-refractivity contribution in [3.05, 3.63) is 77.4 Å². The molecule has 190 valence electrons. The molecular weight excluding hydrogens is 452 g/mol. The molecule has 0 bridgehead atoms. The fourth-order valence-corrected chi connectivity index (χ4v) is 4.34. The topological polar surface area (TPSA) is 79.6 Å². The summed E-state index contributed by atoms with van der Waals surface area (Å²) < 4.78 is 11.4. The summed E-state index contributed by atoms with van der Waals surface area (Å²) in [5.41, 5.74) is 2.68. The van der Waals surface area contributed by atoms with Gasteiger partial charge in [-0.1, -0.05) is 48.5 Å². The third-order valence-electron chi connectivity index (χ3n) is 6.27. The molecular formula is C30H37N2O4+. The standard InChI is InChI=1S/C30H37N2O4/c1-4-35-30(34)11-7-8-23-13-15-29(27(19-23)20-31)36-22-28(33)21-32(2,3)17-16-24-12-14-25-9-5-6-10-26(25)18-24/h5-6,9-10,12-15,18-19,28,33H,4,7-8,11,16-17,21-22H2,1-3H3/q+1/t28-/m1/s1. The first kappa shape index (κ1) is 27.2. The summed E-state index contributed by atoms with van der Waals surface area (Å²) in [7, 11) is 4.21. The lowest BCUT2D eigenvalue weighted by atomic mass is 10.0. The second-order valence-electron chi connectivity index (χ2n) is 9.84. The molecule has 6 heteroatoms. The van der Waals surface area contributed by atoms with Crippen LogP contribution in [0.25, 0.3) is 10.8 Å². The number of hydrogen-bond acceptors (Lipinski definition) is 5. The Kier molecular flexibility index (Phi) is 9.86. The lowest BCUT2D eigenvalue weighted by Crippen LogP contribution is -2.48. The molecule has 0 spiro atoms. The number of hydrogen-bond donors (Lipinski definition) is 1. The second kappa shape index (κ2) is 13.1. The van der Waals surface area contributed by atoms with E-state index in [4.69, 9.17) is 9.47 Å². The third kappa shape index (κ3) is 8.37. The Hall–Kier alpha value is -3.40. The van der Waals surface area contributed by atoms with Crippen LogP contribution >= 0.6 is 0 Å². The Labute approximate surface area is 214 Å². The molecule has 1 N–H and O–H groups in total. The maximum Gasteiger partial charge on any atom is 0.305 e.